The fourth-order valence-corrected chi connectivity index (χ4v) is 4.62. The number of anilines is 1. The van der Waals surface area contributed by atoms with Gasteiger partial charge in [0.25, 0.3) is 15.9 Å². The Balaban J connectivity index is 2.40. The number of para-hydroxylation sites is 1. The molecule has 2 rings (SSSR count). The van der Waals surface area contributed by atoms with Crippen molar-refractivity contribution < 1.29 is 13.2 Å². The second kappa shape index (κ2) is 9.75. The molecule has 150 valence electrons. The average Bonchev–Trinajstić information content (AvgIpc) is 2.67. The molecule has 2 aromatic carbocycles. The van der Waals surface area contributed by atoms with Crippen LogP contribution in [-0.2, 0) is 10.0 Å². The van der Waals surface area contributed by atoms with Crippen molar-refractivity contribution in [1.29, 1.82) is 0 Å². The minimum atomic E-state index is -3.94. The molecule has 5 nitrogen and oxygen atoms in total. The van der Waals surface area contributed by atoms with Gasteiger partial charge < -0.3 is 5.32 Å². The number of nitrogens with one attached hydrogen (secondary N) is 1. The maximum Gasteiger partial charge on any atom is 0.264 e. The lowest BCUT2D eigenvalue weighted by Gasteiger charge is -2.24. The topological polar surface area (TPSA) is 66.5 Å². The summed E-state index contributed by atoms with van der Waals surface area (Å²) in [5, 5.41) is 3.20. The highest BCUT2D eigenvalue weighted by Crippen LogP contribution is 2.30. The summed E-state index contributed by atoms with van der Waals surface area (Å²) in [5.74, 6) is -0.300. The summed E-state index contributed by atoms with van der Waals surface area (Å²) in [5.41, 5.74) is 0.650. The first-order valence-electron chi connectivity index (χ1n) is 9.10. The zero-order chi connectivity index (χ0) is 20.7. The van der Waals surface area contributed by atoms with E-state index in [0.717, 1.165) is 12.8 Å². The van der Waals surface area contributed by atoms with Crippen molar-refractivity contribution in [2.45, 2.75) is 37.6 Å². The number of carbonyl (C=O) groups excluding carboxylic acids is 1. The summed E-state index contributed by atoms with van der Waals surface area (Å²) in [6.07, 6.45) is 3.29. The van der Waals surface area contributed by atoms with Crippen molar-refractivity contribution in [1.82, 2.24) is 5.32 Å². The lowest BCUT2D eigenvalue weighted by molar-refractivity contribution is 0.0938. The fourth-order valence-electron chi connectivity index (χ4n) is 2.83. The van der Waals surface area contributed by atoms with Crippen LogP contribution in [0, 0.1) is 0 Å². The van der Waals surface area contributed by atoms with Gasteiger partial charge in [-0.05, 0) is 43.7 Å². The highest BCUT2D eigenvalue weighted by molar-refractivity contribution is 7.92. The summed E-state index contributed by atoms with van der Waals surface area (Å²) in [6.45, 7) is 7.66. The van der Waals surface area contributed by atoms with Crippen LogP contribution >= 0.6 is 11.6 Å². The molecule has 1 amide bonds. The molecule has 0 aliphatic heterocycles. The van der Waals surface area contributed by atoms with E-state index in [1.54, 1.807) is 36.4 Å². The van der Waals surface area contributed by atoms with Crippen LogP contribution in [0.2, 0.25) is 5.02 Å². The Kier molecular flexibility index (Phi) is 7.66. The number of hydrogen-bond acceptors (Lipinski definition) is 3. The molecule has 0 aliphatic rings. The Bertz CT molecular complexity index is 944. The van der Waals surface area contributed by atoms with E-state index in [-0.39, 0.29) is 23.4 Å². The predicted molar refractivity (Wildman–Crippen MR) is 114 cm³/mol. The third-order valence-electron chi connectivity index (χ3n) is 4.20. The highest BCUT2D eigenvalue weighted by atomic mass is 35.5. The van der Waals surface area contributed by atoms with Gasteiger partial charge in [0.15, 0.2) is 0 Å². The van der Waals surface area contributed by atoms with Gasteiger partial charge in [-0.2, -0.15) is 0 Å². The first-order chi connectivity index (χ1) is 13.3. The minimum Gasteiger partial charge on any atom is -0.350 e. The molecule has 7 heteroatoms. The van der Waals surface area contributed by atoms with E-state index >= 15 is 0 Å². The molecule has 28 heavy (non-hydrogen) atoms. The van der Waals surface area contributed by atoms with Crippen LogP contribution in [-0.4, -0.2) is 26.9 Å². The van der Waals surface area contributed by atoms with Crippen LogP contribution in [0.1, 0.15) is 37.0 Å². The quantitative estimate of drug-likeness (QED) is 0.601. The summed E-state index contributed by atoms with van der Waals surface area (Å²) in [6, 6.07) is 12.7. The van der Waals surface area contributed by atoms with Gasteiger partial charge in [-0.3, -0.25) is 9.10 Å². The van der Waals surface area contributed by atoms with Crippen LogP contribution in [0.4, 0.5) is 5.69 Å². The van der Waals surface area contributed by atoms with Gasteiger partial charge in [0.2, 0.25) is 0 Å². The number of benzene rings is 2. The van der Waals surface area contributed by atoms with E-state index in [2.05, 4.69) is 11.9 Å². The van der Waals surface area contributed by atoms with Gasteiger partial charge in [0.05, 0.1) is 22.2 Å². The lowest BCUT2D eigenvalue weighted by atomic mass is 10.1. The minimum absolute atomic E-state index is 0.0122. The number of hydrogen-bond donors (Lipinski definition) is 1. The second-order valence-corrected chi connectivity index (χ2v) is 8.74. The van der Waals surface area contributed by atoms with Crippen molar-refractivity contribution in [3.63, 3.8) is 0 Å². The second-order valence-electron chi connectivity index (χ2n) is 6.47. The zero-order valence-corrected chi connectivity index (χ0v) is 17.6. The van der Waals surface area contributed by atoms with E-state index in [4.69, 9.17) is 11.6 Å². The van der Waals surface area contributed by atoms with Gasteiger partial charge in [-0.1, -0.05) is 49.2 Å². The smallest absolute Gasteiger partial charge is 0.264 e. The number of sulfonamides is 1. The van der Waals surface area contributed by atoms with Gasteiger partial charge >= 0.3 is 0 Å². The lowest BCUT2D eigenvalue weighted by Crippen LogP contribution is -2.33. The standard InChI is InChI=1S/C21H25ClN2O3S/c1-4-9-16(3)23-21(25)17-10-8-11-18(15-17)28(26,27)24(14-5-2)20-13-7-6-12-19(20)22/h5-8,10-13,15-16H,2,4,9,14H2,1,3H3,(H,23,25). The fraction of sp³-hybridized carbons (Fsp3) is 0.286. The largest absolute Gasteiger partial charge is 0.350 e. The summed E-state index contributed by atoms with van der Waals surface area (Å²) < 4.78 is 27.7. The van der Waals surface area contributed by atoms with Crippen LogP contribution in [0.3, 0.4) is 0 Å². The third-order valence-corrected chi connectivity index (χ3v) is 6.29. The van der Waals surface area contributed by atoms with Crippen LogP contribution in [0.25, 0.3) is 0 Å². The van der Waals surface area contributed by atoms with Crippen LogP contribution in [0.15, 0.2) is 66.1 Å². The van der Waals surface area contributed by atoms with Gasteiger partial charge in [-0.25, -0.2) is 8.42 Å². The Hall–Kier alpha value is -2.31. The third kappa shape index (κ3) is 5.14. The monoisotopic (exact) mass is 420 g/mol. The van der Waals surface area contributed by atoms with E-state index in [1.807, 2.05) is 13.8 Å². The first kappa shape index (κ1) is 22.0. The van der Waals surface area contributed by atoms with E-state index in [9.17, 15) is 13.2 Å². The van der Waals surface area contributed by atoms with Gasteiger partial charge in [0.1, 0.15) is 0 Å². The molecule has 0 fully saturated rings. The molecule has 1 unspecified atom stereocenters. The van der Waals surface area contributed by atoms with Crippen molar-refractivity contribution in [3.8, 4) is 0 Å². The molecule has 1 N–H and O–H groups in total. The van der Waals surface area contributed by atoms with E-state index < -0.39 is 10.0 Å². The van der Waals surface area contributed by atoms with E-state index in [0.29, 0.717) is 16.3 Å². The summed E-state index contributed by atoms with van der Waals surface area (Å²) >= 11 is 6.21. The Morgan fingerprint density at radius 3 is 2.61 bits per heavy atom. The molecule has 0 aliphatic carbocycles. The number of halogens is 1. The van der Waals surface area contributed by atoms with Crippen molar-refractivity contribution in [2.24, 2.45) is 0 Å². The Morgan fingerprint density at radius 1 is 1.25 bits per heavy atom. The van der Waals surface area contributed by atoms with Gasteiger partial charge in [-0.15, -0.1) is 6.58 Å². The normalized spacial score (nSPS) is 12.2. The number of nitrogens with zero attached hydrogens (tertiary/aromatic N) is 1. The molecule has 0 heterocycles. The molecule has 0 saturated heterocycles. The number of amides is 1. The van der Waals surface area contributed by atoms with Crippen molar-refractivity contribution in [3.05, 3.63) is 71.8 Å². The van der Waals surface area contributed by atoms with Crippen LogP contribution < -0.4 is 9.62 Å². The zero-order valence-electron chi connectivity index (χ0n) is 16.1. The maximum atomic E-state index is 13.3. The predicted octanol–water partition coefficient (Wildman–Crippen LogP) is 4.64. The SMILES string of the molecule is C=CCN(c1ccccc1Cl)S(=O)(=O)c1cccc(C(=O)NC(C)CCC)c1. The molecule has 0 saturated carbocycles. The van der Waals surface area contributed by atoms with Crippen LogP contribution in [0.5, 0.6) is 0 Å². The Morgan fingerprint density at radius 2 is 1.96 bits per heavy atom. The van der Waals surface area contributed by atoms with E-state index in [1.165, 1.54) is 22.5 Å². The number of rotatable bonds is 9. The Labute approximate surface area is 172 Å². The van der Waals surface area contributed by atoms with Crippen molar-refractivity contribution >= 4 is 33.2 Å². The highest BCUT2D eigenvalue weighted by Gasteiger charge is 2.26. The molecular weight excluding hydrogens is 396 g/mol. The summed E-state index contributed by atoms with van der Waals surface area (Å²) in [7, 11) is -3.94. The number of carbonyl (C=O) groups is 1. The molecule has 0 spiro atoms. The molecule has 0 bridgehead atoms. The molecule has 0 aromatic heterocycles. The molecule has 1 atom stereocenters. The average molecular weight is 421 g/mol. The molecule has 2 aromatic rings. The molecular formula is C21H25ClN2O3S. The first-order valence-corrected chi connectivity index (χ1v) is 10.9. The van der Waals surface area contributed by atoms with Crippen molar-refractivity contribution in [2.75, 3.05) is 10.8 Å². The van der Waals surface area contributed by atoms with Gasteiger partial charge in [0, 0.05) is 11.6 Å². The molecule has 0 radical (unpaired) electrons. The summed E-state index contributed by atoms with van der Waals surface area (Å²) in [4.78, 5) is 12.5. The maximum absolute atomic E-state index is 13.3.